The Balaban J connectivity index is 0.678. The zero-order chi connectivity index (χ0) is 69.0. The molecule has 4 saturated carbocycles. The third-order valence-corrected chi connectivity index (χ3v) is 24.4. The SMILES string of the molecule is CCC(C)C(=O)OC(C)C1(O)CCC2(O)C3CCC4CC(OC5CC(O)C(OC6CC(OC)C(OC7CC(OC)C(OC8CC(OC)C(OC9CC(OC)C(OC%10OC(CO)C(O)C(O)C%10O)C(C)O9)C(C)O8)C(C)O7)C(C)O6)C(C)O5)CCC4(C)C3CC(OC(C)=O)C12C. The largest absolute Gasteiger partial charge is 0.462 e. The number of carbonyl (C=O) groups is 2. The summed E-state index contributed by atoms with van der Waals surface area (Å²) >= 11 is 0. The van der Waals surface area contributed by atoms with Crippen LogP contribution in [0, 0.1) is 34.5 Å². The predicted molar refractivity (Wildman–Crippen MR) is 331 cm³/mol. The Bertz CT molecular complexity index is 2490. The van der Waals surface area contributed by atoms with Crippen LogP contribution < -0.4 is 0 Å². The van der Waals surface area contributed by atoms with Gasteiger partial charge < -0.3 is 121 Å². The summed E-state index contributed by atoms with van der Waals surface area (Å²) in [4.78, 5) is 25.9. The van der Waals surface area contributed by atoms with Crippen molar-refractivity contribution in [3.63, 3.8) is 0 Å². The molecule has 4 aliphatic carbocycles. The molecule has 0 aromatic rings. The Morgan fingerprint density at radius 2 is 1.00 bits per heavy atom. The van der Waals surface area contributed by atoms with E-state index in [2.05, 4.69) is 6.92 Å². The van der Waals surface area contributed by atoms with E-state index >= 15 is 0 Å². The summed E-state index contributed by atoms with van der Waals surface area (Å²) in [6.07, 6.45) is -15.1. The first-order valence-electron chi connectivity index (χ1n) is 35.1. The highest BCUT2D eigenvalue weighted by molar-refractivity contribution is 5.72. The van der Waals surface area contributed by atoms with Crippen LogP contribution in [-0.2, 0) is 94.9 Å². The maximum absolute atomic E-state index is 13.1. The molecular formula is C68H114O27. The molecule has 36 unspecified atom stereocenters. The molecule has 6 saturated heterocycles. The van der Waals surface area contributed by atoms with Crippen LogP contribution in [0.3, 0.4) is 0 Å². The molecule has 95 heavy (non-hydrogen) atoms. The molecule has 0 bridgehead atoms. The summed E-state index contributed by atoms with van der Waals surface area (Å²) in [5, 5.41) is 78.5. The van der Waals surface area contributed by atoms with Crippen LogP contribution in [0.1, 0.15) is 166 Å². The lowest BCUT2D eigenvalue weighted by atomic mass is 9.42. The van der Waals surface area contributed by atoms with E-state index in [0.717, 1.165) is 25.7 Å². The standard InChI is InChI=1S/C68H114O27/c1-16-31(2)63(75)87-37(8)67(76)21-22-68(77)41-18-17-39-23-40(19-20-65(39,10)42(41)24-49(66(67,68)11)88-38(9)70)89-50-25-43(71)58(32(3)82-50)91-51-26-44(78-12)59(33(4)83-51)92-52-27-45(79-13)60(34(5)84-52)93-53-28-46(80-14)61(35(6)85-53)94-54-29-47(81-15)62(36(7)86-54)95-64-57(74)56(73)55(72)48(30-69)90-64/h31-37,39-62,64,69,71-74,76-77H,16-30H2,1-15H3. The van der Waals surface area contributed by atoms with Crippen LogP contribution >= 0.6 is 0 Å². The predicted octanol–water partition coefficient (Wildman–Crippen LogP) is 3.60. The fourth-order valence-corrected chi connectivity index (χ4v) is 18.5. The molecule has 0 amide bonds. The second-order valence-electron chi connectivity index (χ2n) is 29.7. The molecule has 0 spiro atoms. The summed E-state index contributed by atoms with van der Waals surface area (Å²) < 4.78 is 113. The van der Waals surface area contributed by atoms with E-state index in [-0.39, 0.29) is 60.9 Å². The average Bonchev–Trinajstić information content (AvgIpc) is 1.59. The smallest absolute Gasteiger partial charge is 0.309 e. The average molecular weight is 1360 g/mol. The summed E-state index contributed by atoms with van der Waals surface area (Å²) in [5.41, 5.74) is -4.55. The van der Waals surface area contributed by atoms with Crippen LogP contribution in [0.15, 0.2) is 0 Å². The van der Waals surface area contributed by atoms with Gasteiger partial charge in [-0.3, -0.25) is 9.59 Å². The number of ether oxygens (including phenoxy) is 18. The molecule has 10 fully saturated rings. The Hall–Kier alpha value is -1.98. The fourth-order valence-electron chi connectivity index (χ4n) is 18.5. The van der Waals surface area contributed by atoms with Gasteiger partial charge in [-0.15, -0.1) is 0 Å². The van der Waals surface area contributed by atoms with Crippen LogP contribution in [0.25, 0.3) is 0 Å². The van der Waals surface area contributed by atoms with Crippen LogP contribution in [-0.4, -0.2) is 266 Å². The summed E-state index contributed by atoms with van der Waals surface area (Å²) in [5.74, 6) is -1.21. The van der Waals surface area contributed by atoms with Gasteiger partial charge in [0.1, 0.15) is 72.7 Å². The molecule has 10 rings (SSSR count). The minimum atomic E-state index is -1.64. The zero-order valence-corrected chi connectivity index (χ0v) is 58.4. The molecule has 10 aliphatic rings. The van der Waals surface area contributed by atoms with Crippen molar-refractivity contribution in [2.75, 3.05) is 35.0 Å². The number of methoxy groups -OCH3 is 4. The summed E-state index contributed by atoms with van der Waals surface area (Å²) in [6.45, 7) is 19.6. The zero-order valence-electron chi connectivity index (χ0n) is 58.4. The number of rotatable bonds is 22. The highest BCUT2D eigenvalue weighted by atomic mass is 16.8. The third kappa shape index (κ3) is 14.9. The van der Waals surface area contributed by atoms with Crippen LogP contribution in [0.4, 0.5) is 0 Å². The van der Waals surface area contributed by atoms with Gasteiger partial charge in [-0.2, -0.15) is 0 Å². The molecule has 0 aromatic carbocycles. The Morgan fingerprint density at radius 1 is 0.537 bits per heavy atom. The van der Waals surface area contributed by atoms with Gasteiger partial charge in [0.2, 0.25) is 0 Å². The Morgan fingerprint density at radius 3 is 1.45 bits per heavy atom. The van der Waals surface area contributed by atoms with Crippen molar-refractivity contribution in [1.29, 1.82) is 0 Å². The number of aliphatic hydroxyl groups excluding tert-OH is 5. The van der Waals surface area contributed by atoms with E-state index in [0.29, 0.717) is 38.5 Å². The molecule has 0 radical (unpaired) electrons. The van der Waals surface area contributed by atoms with Gasteiger partial charge in [0, 0.05) is 67.5 Å². The molecule has 6 heterocycles. The van der Waals surface area contributed by atoms with Crippen molar-refractivity contribution in [2.24, 2.45) is 34.5 Å². The van der Waals surface area contributed by atoms with Crippen molar-refractivity contribution in [1.82, 2.24) is 0 Å². The van der Waals surface area contributed by atoms with Crippen molar-refractivity contribution >= 4 is 11.9 Å². The van der Waals surface area contributed by atoms with Crippen molar-refractivity contribution in [3.05, 3.63) is 0 Å². The molecule has 0 aromatic heterocycles. The number of aliphatic hydroxyl groups is 7. The lowest BCUT2D eigenvalue weighted by Gasteiger charge is -2.66. The summed E-state index contributed by atoms with van der Waals surface area (Å²) in [6, 6.07) is 0. The molecule has 548 valence electrons. The number of hydrogen-bond acceptors (Lipinski definition) is 27. The Labute approximate surface area is 559 Å². The molecule has 36 atom stereocenters. The quantitative estimate of drug-likeness (QED) is 0.0601. The van der Waals surface area contributed by atoms with Gasteiger partial charge in [0.25, 0.3) is 0 Å². The van der Waals surface area contributed by atoms with E-state index < -0.39 is 201 Å². The van der Waals surface area contributed by atoms with E-state index in [4.69, 9.17) is 85.3 Å². The van der Waals surface area contributed by atoms with E-state index in [1.54, 1.807) is 42.1 Å². The van der Waals surface area contributed by atoms with Gasteiger partial charge in [-0.05, 0) is 122 Å². The number of esters is 2. The topological polar surface area (TPSA) is 342 Å². The maximum Gasteiger partial charge on any atom is 0.309 e. The van der Waals surface area contributed by atoms with Crippen molar-refractivity contribution < 1.29 is 131 Å². The van der Waals surface area contributed by atoms with Gasteiger partial charge in [-0.25, -0.2) is 0 Å². The van der Waals surface area contributed by atoms with Gasteiger partial charge in [0.15, 0.2) is 37.7 Å². The fraction of sp³-hybridized carbons (Fsp3) is 0.971. The first-order chi connectivity index (χ1) is 45.0. The normalized spacial score (nSPS) is 50.9. The number of hydrogen-bond donors (Lipinski definition) is 7. The summed E-state index contributed by atoms with van der Waals surface area (Å²) in [7, 11) is 6.33. The first-order valence-corrected chi connectivity index (χ1v) is 35.1. The van der Waals surface area contributed by atoms with Crippen LogP contribution in [0.5, 0.6) is 0 Å². The monoisotopic (exact) mass is 1360 g/mol. The first kappa shape index (κ1) is 75.7. The molecular weight excluding hydrogens is 1250 g/mol. The lowest BCUT2D eigenvalue weighted by molar-refractivity contribution is -0.359. The Kier molecular flexibility index (Phi) is 24.6. The lowest BCUT2D eigenvalue weighted by Crippen LogP contribution is -2.72. The molecule has 27 heteroatoms. The molecule has 7 N–H and O–H groups in total. The third-order valence-electron chi connectivity index (χ3n) is 24.4. The number of carbonyl (C=O) groups excluding carboxylic acids is 2. The highest BCUT2D eigenvalue weighted by Crippen LogP contribution is 2.71. The van der Waals surface area contributed by atoms with E-state index in [9.17, 15) is 45.3 Å². The van der Waals surface area contributed by atoms with Gasteiger partial charge in [0.05, 0.1) is 90.7 Å². The molecule has 6 aliphatic heterocycles. The highest BCUT2D eigenvalue weighted by Gasteiger charge is 2.77. The maximum atomic E-state index is 13.1. The van der Waals surface area contributed by atoms with Crippen LogP contribution in [0.2, 0.25) is 0 Å². The van der Waals surface area contributed by atoms with Gasteiger partial charge >= 0.3 is 11.9 Å². The second kappa shape index (κ2) is 30.9. The van der Waals surface area contributed by atoms with Crippen molar-refractivity contribution in [3.8, 4) is 0 Å². The number of fused-ring (bicyclic) bond motifs is 5. The van der Waals surface area contributed by atoms with E-state index in [1.165, 1.54) is 14.0 Å². The van der Waals surface area contributed by atoms with Gasteiger partial charge in [-0.1, -0.05) is 27.7 Å². The minimum absolute atomic E-state index is 0.0141. The molecule has 27 nitrogen and oxygen atoms in total. The second-order valence-corrected chi connectivity index (χ2v) is 29.7. The minimum Gasteiger partial charge on any atom is -0.462 e. The van der Waals surface area contributed by atoms with E-state index in [1.807, 2.05) is 41.5 Å². The van der Waals surface area contributed by atoms with Crippen molar-refractivity contribution in [2.45, 2.75) is 349 Å².